The van der Waals surface area contributed by atoms with Crippen LogP contribution in [0.2, 0.25) is 0 Å². The van der Waals surface area contributed by atoms with Crippen LogP contribution in [0.1, 0.15) is 20.9 Å². The number of carbonyl (C=O) groups is 1. The molecule has 2 aromatic rings. The van der Waals surface area contributed by atoms with Gasteiger partial charge >= 0.3 is 11.7 Å². The van der Waals surface area contributed by atoms with E-state index < -0.39 is 5.97 Å². The van der Waals surface area contributed by atoms with E-state index in [0.29, 0.717) is 4.73 Å². The number of aromatic carboxylic acids is 1. The number of aromatic nitrogens is 1. The summed E-state index contributed by atoms with van der Waals surface area (Å²) in [6.45, 7) is 4.02. The van der Waals surface area contributed by atoms with Gasteiger partial charge in [-0.1, -0.05) is 0 Å². The first-order valence-corrected chi connectivity index (χ1v) is 5.84. The summed E-state index contributed by atoms with van der Waals surface area (Å²) in [4.78, 5) is 12.9. The molecule has 4 nitrogen and oxygen atoms in total. The molecule has 0 saturated carbocycles. The number of thiophene rings is 1. The largest absolute Gasteiger partial charge is 0.618 e. The highest BCUT2D eigenvalue weighted by molar-refractivity contribution is 7.15. The normalized spacial score (nSPS) is 10.5. The Morgan fingerprint density at radius 3 is 2.59 bits per heavy atom. The molecule has 0 aliphatic carbocycles. The lowest BCUT2D eigenvalue weighted by Gasteiger charge is -2.02. The maximum atomic E-state index is 11.5. The van der Waals surface area contributed by atoms with E-state index >= 15 is 0 Å². The molecule has 0 saturated heterocycles. The van der Waals surface area contributed by atoms with Crippen LogP contribution in [0.15, 0.2) is 24.4 Å². The minimum atomic E-state index is -1.22. The fourth-order valence-corrected chi connectivity index (χ4v) is 2.53. The molecule has 0 aliphatic rings. The number of hydrogen-bond acceptors (Lipinski definition) is 3. The molecule has 0 spiro atoms. The summed E-state index contributed by atoms with van der Waals surface area (Å²) in [5.74, 6) is -1.22. The standard InChI is InChI=1S/C12H11NO3S/c1-7-5-11(17-8(7)2)9-3-4-10(12(14)15)13(16)6-9/h3-6H,1-2H3,(H,14,15). The number of carboxylic acid groups (broad SMARTS) is 1. The molecule has 0 aliphatic heterocycles. The maximum absolute atomic E-state index is 11.5. The van der Waals surface area contributed by atoms with Crippen LogP contribution in [0.3, 0.4) is 0 Å². The van der Waals surface area contributed by atoms with Gasteiger partial charge in [-0.2, -0.15) is 4.73 Å². The molecule has 17 heavy (non-hydrogen) atoms. The first-order valence-electron chi connectivity index (χ1n) is 5.03. The summed E-state index contributed by atoms with van der Waals surface area (Å²) >= 11 is 1.59. The molecule has 0 radical (unpaired) electrons. The van der Waals surface area contributed by atoms with Gasteiger partial charge in [0.15, 0.2) is 6.20 Å². The molecule has 0 fully saturated rings. The lowest BCUT2D eigenvalue weighted by atomic mass is 10.2. The van der Waals surface area contributed by atoms with Gasteiger partial charge in [-0.3, -0.25) is 0 Å². The van der Waals surface area contributed by atoms with Crippen molar-refractivity contribution >= 4 is 17.3 Å². The second-order valence-electron chi connectivity index (χ2n) is 3.78. The Labute approximate surface area is 102 Å². The topological polar surface area (TPSA) is 64.2 Å². The zero-order chi connectivity index (χ0) is 12.6. The quantitative estimate of drug-likeness (QED) is 0.656. The number of carboxylic acids is 1. The third-order valence-corrected chi connectivity index (χ3v) is 3.79. The van der Waals surface area contributed by atoms with E-state index in [1.807, 2.05) is 19.9 Å². The van der Waals surface area contributed by atoms with Crippen molar-refractivity contribution in [3.63, 3.8) is 0 Å². The van der Waals surface area contributed by atoms with E-state index in [4.69, 9.17) is 5.11 Å². The molecule has 0 unspecified atom stereocenters. The minimum absolute atomic E-state index is 0.265. The average Bonchev–Trinajstić information content (AvgIpc) is 2.58. The highest BCUT2D eigenvalue weighted by Gasteiger charge is 2.16. The summed E-state index contributed by atoms with van der Waals surface area (Å²) in [7, 11) is 0. The van der Waals surface area contributed by atoms with Crippen molar-refractivity contribution in [3.05, 3.63) is 45.7 Å². The average molecular weight is 249 g/mol. The van der Waals surface area contributed by atoms with E-state index in [0.717, 1.165) is 10.4 Å². The summed E-state index contributed by atoms with van der Waals surface area (Å²) in [6, 6.07) is 4.98. The van der Waals surface area contributed by atoms with Gasteiger partial charge < -0.3 is 10.3 Å². The fraction of sp³-hybridized carbons (Fsp3) is 0.167. The van der Waals surface area contributed by atoms with E-state index in [-0.39, 0.29) is 5.69 Å². The highest BCUT2D eigenvalue weighted by Crippen LogP contribution is 2.29. The molecule has 0 aromatic carbocycles. The Bertz CT molecular complexity index is 570. The molecule has 88 valence electrons. The Morgan fingerprint density at radius 2 is 2.12 bits per heavy atom. The Morgan fingerprint density at radius 1 is 1.41 bits per heavy atom. The smallest absolute Gasteiger partial charge is 0.402 e. The number of aryl methyl sites for hydroxylation is 2. The lowest BCUT2D eigenvalue weighted by molar-refractivity contribution is -0.607. The second-order valence-corrected chi connectivity index (χ2v) is 5.04. The molecule has 2 aromatic heterocycles. The van der Waals surface area contributed by atoms with Gasteiger partial charge in [0.25, 0.3) is 0 Å². The minimum Gasteiger partial charge on any atom is -0.618 e. The van der Waals surface area contributed by atoms with Crippen molar-refractivity contribution in [2.24, 2.45) is 0 Å². The van der Waals surface area contributed by atoms with Gasteiger partial charge in [-0.15, -0.1) is 11.3 Å². The van der Waals surface area contributed by atoms with Gasteiger partial charge in [-0.25, -0.2) is 4.79 Å². The molecule has 1 N–H and O–H groups in total. The van der Waals surface area contributed by atoms with Crippen LogP contribution in [-0.2, 0) is 0 Å². The SMILES string of the molecule is Cc1cc(-c2ccc(C(=O)O)[n+]([O-])c2)sc1C. The Balaban J connectivity index is 2.47. The highest BCUT2D eigenvalue weighted by atomic mass is 32.1. The Kier molecular flexibility index (Phi) is 2.85. The van der Waals surface area contributed by atoms with Crippen LogP contribution >= 0.6 is 11.3 Å². The number of pyridine rings is 1. The predicted molar refractivity (Wildman–Crippen MR) is 65.1 cm³/mol. The summed E-state index contributed by atoms with van der Waals surface area (Å²) in [6.07, 6.45) is 1.30. The van der Waals surface area contributed by atoms with E-state index in [9.17, 15) is 10.0 Å². The zero-order valence-electron chi connectivity index (χ0n) is 9.43. The first kappa shape index (κ1) is 11.6. The lowest BCUT2D eigenvalue weighted by Crippen LogP contribution is -2.34. The fourth-order valence-electron chi connectivity index (χ4n) is 1.51. The van der Waals surface area contributed by atoms with Crippen molar-refractivity contribution < 1.29 is 14.6 Å². The molecule has 0 bridgehead atoms. The van der Waals surface area contributed by atoms with Gasteiger partial charge in [0.1, 0.15) is 0 Å². The number of hydrogen-bond donors (Lipinski definition) is 1. The van der Waals surface area contributed by atoms with Crippen LogP contribution < -0.4 is 4.73 Å². The van der Waals surface area contributed by atoms with Crippen molar-refractivity contribution in [2.45, 2.75) is 13.8 Å². The van der Waals surface area contributed by atoms with Gasteiger partial charge in [0, 0.05) is 15.8 Å². The zero-order valence-corrected chi connectivity index (χ0v) is 10.2. The van der Waals surface area contributed by atoms with E-state index in [2.05, 4.69) is 0 Å². The number of rotatable bonds is 2. The molecule has 5 heteroatoms. The first-order chi connectivity index (χ1) is 7.99. The van der Waals surface area contributed by atoms with Gasteiger partial charge in [0.2, 0.25) is 0 Å². The van der Waals surface area contributed by atoms with E-state index in [1.165, 1.54) is 22.7 Å². The van der Waals surface area contributed by atoms with Crippen molar-refractivity contribution in [1.29, 1.82) is 0 Å². The molecular weight excluding hydrogens is 238 g/mol. The summed E-state index contributed by atoms with van der Waals surface area (Å²) in [5.41, 5.74) is 1.65. The van der Waals surface area contributed by atoms with Crippen molar-refractivity contribution in [1.82, 2.24) is 0 Å². The van der Waals surface area contributed by atoms with Crippen LogP contribution in [0.5, 0.6) is 0 Å². The number of nitrogens with zero attached hydrogens (tertiary/aromatic N) is 1. The maximum Gasteiger partial charge on any atom is 0.402 e. The van der Waals surface area contributed by atoms with Crippen LogP contribution in [-0.4, -0.2) is 11.1 Å². The van der Waals surface area contributed by atoms with Crippen molar-refractivity contribution in [2.75, 3.05) is 0 Å². The van der Waals surface area contributed by atoms with Crippen LogP contribution in [0, 0.1) is 19.1 Å². The Hall–Kier alpha value is -1.88. The third-order valence-electron chi connectivity index (χ3n) is 2.58. The monoisotopic (exact) mass is 249 g/mol. The molecular formula is C12H11NO3S. The molecule has 2 heterocycles. The van der Waals surface area contributed by atoms with Gasteiger partial charge in [-0.05, 0) is 31.5 Å². The predicted octanol–water partition coefficient (Wildman–Crippen LogP) is 2.36. The van der Waals surface area contributed by atoms with E-state index in [1.54, 1.807) is 17.4 Å². The summed E-state index contributed by atoms with van der Waals surface area (Å²) < 4.78 is 0.391. The summed E-state index contributed by atoms with van der Waals surface area (Å²) in [5, 5.41) is 20.2. The van der Waals surface area contributed by atoms with Crippen LogP contribution in [0.25, 0.3) is 10.4 Å². The molecule has 0 amide bonds. The van der Waals surface area contributed by atoms with Crippen molar-refractivity contribution in [3.8, 4) is 10.4 Å². The molecule has 2 rings (SSSR count). The second kappa shape index (κ2) is 4.18. The van der Waals surface area contributed by atoms with Crippen LogP contribution in [0.4, 0.5) is 0 Å². The molecule has 0 atom stereocenters. The third kappa shape index (κ3) is 2.14. The van der Waals surface area contributed by atoms with Gasteiger partial charge in [0.05, 0.1) is 5.56 Å².